The van der Waals surface area contributed by atoms with Crippen molar-refractivity contribution in [2.75, 3.05) is 19.5 Å². The van der Waals surface area contributed by atoms with E-state index in [0.29, 0.717) is 32.1 Å². The number of carbonyl (C=O) groups excluding carboxylic acids is 2. The maximum absolute atomic E-state index is 13.2. The molecule has 0 saturated heterocycles. The van der Waals surface area contributed by atoms with Crippen LogP contribution in [-0.4, -0.2) is 26.1 Å². The first-order chi connectivity index (χ1) is 15.1. The quantitative estimate of drug-likeness (QED) is 0.407. The molecule has 0 radical (unpaired) electrons. The first-order valence-electron chi connectivity index (χ1n) is 10.4. The second kappa shape index (κ2) is 8.69. The lowest BCUT2D eigenvalue weighted by Gasteiger charge is -2.33. The lowest BCUT2D eigenvalue weighted by molar-refractivity contribution is 0.0600. The van der Waals surface area contributed by atoms with Crippen LogP contribution in [-0.2, 0) is 17.6 Å². The summed E-state index contributed by atoms with van der Waals surface area (Å²) in [5.74, 6) is 0.455. The van der Waals surface area contributed by atoms with E-state index < -0.39 is 5.97 Å². The Morgan fingerprint density at radius 2 is 1.94 bits per heavy atom. The predicted octanol–water partition coefficient (Wildman–Crippen LogP) is 6.81. The summed E-state index contributed by atoms with van der Waals surface area (Å²) in [5, 5.41) is 4.65. The summed E-state index contributed by atoms with van der Waals surface area (Å²) >= 11 is 9.35. The minimum Gasteiger partial charge on any atom is -0.497 e. The predicted molar refractivity (Wildman–Crippen MR) is 132 cm³/mol. The Labute approximate surface area is 200 Å². The van der Waals surface area contributed by atoms with Crippen molar-refractivity contribution in [1.82, 2.24) is 0 Å². The molecule has 1 aromatic carbocycles. The van der Waals surface area contributed by atoms with Gasteiger partial charge in [0.05, 0.1) is 24.8 Å². The van der Waals surface area contributed by atoms with Crippen LogP contribution in [0.5, 0.6) is 5.75 Å². The first-order valence-corrected chi connectivity index (χ1v) is 12.4. The van der Waals surface area contributed by atoms with E-state index in [4.69, 9.17) is 21.1 Å². The molecule has 5 nitrogen and oxygen atoms in total. The molecule has 1 atom stereocenters. The van der Waals surface area contributed by atoms with Crippen LogP contribution < -0.4 is 10.1 Å². The van der Waals surface area contributed by atoms with Gasteiger partial charge in [-0.15, -0.1) is 22.7 Å². The summed E-state index contributed by atoms with van der Waals surface area (Å²) in [5.41, 5.74) is 1.67. The molecule has 32 heavy (non-hydrogen) atoms. The highest BCUT2D eigenvalue weighted by molar-refractivity contribution is 7.22. The van der Waals surface area contributed by atoms with Crippen molar-refractivity contribution in [2.45, 2.75) is 40.0 Å². The van der Waals surface area contributed by atoms with Gasteiger partial charge in [0.2, 0.25) is 0 Å². The molecule has 8 heteroatoms. The SMILES string of the molecule is COC(=O)c1c(NC(=O)c2sc3ccc(OC)cc3c2Cl)sc2c1CCC(C(C)(C)C)C2. The third kappa shape index (κ3) is 4.14. The monoisotopic (exact) mass is 491 g/mol. The Hall–Kier alpha value is -2.09. The molecule has 0 bridgehead atoms. The van der Waals surface area contributed by atoms with Crippen molar-refractivity contribution in [2.24, 2.45) is 11.3 Å². The summed E-state index contributed by atoms with van der Waals surface area (Å²) in [6.07, 6.45) is 2.71. The van der Waals surface area contributed by atoms with E-state index in [2.05, 4.69) is 26.1 Å². The maximum atomic E-state index is 13.2. The van der Waals surface area contributed by atoms with Crippen LogP contribution in [0.25, 0.3) is 10.1 Å². The molecule has 1 unspecified atom stereocenters. The van der Waals surface area contributed by atoms with Gasteiger partial charge in [0, 0.05) is 15.0 Å². The highest BCUT2D eigenvalue weighted by Crippen LogP contribution is 2.45. The van der Waals surface area contributed by atoms with Crippen molar-refractivity contribution in [3.8, 4) is 5.75 Å². The molecule has 170 valence electrons. The molecular weight excluding hydrogens is 466 g/mol. The van der Waals surface area contributed by atoms with E-state index >= 15 is 0 Å². The van der Waals surface area contributed by atoms with Gasteiger partial charge in [0.25, 0.3) is 5.91 Å². The summed E-state index contributed by atoms with van der Waals surface area (Å²) in [6.45, 7) is 6.75. The Morgan fingerprint density at radius 1 is 1.19 bits per heavy atom. The minimum absolute atomic E-state index is 0.183. The number of rotatable bonds is 4. The van der Waals surface area contributed by atoms with Crippen LogP contribution in [0, 0.1) is 11.3 Å². The zero-order valence-corrected chi connectivity index (χ0v) is 21.1. The second-order valence-electron chi connectivity index (χ2n) is 9.07. The molecular formula is C24H26ClNO4S2. The Balaban J connectivity index is 1.69. The van der Waals surface area contributed by atoms with Crippen LogP contribution >= 0.6 is 34.3 Å². The van der Waals surface area contributed by atoms with Gasteiger partial charge in [-0.1, -0.05) is 32.4 Å². The standard InChI is InChI=1S/C24H26ClNO4S2/c1-24(2,3)12-6-8-14-17(10-12)32-22(18(14)23(28)30-5)26-21(27)20-19(25)15-11-13(29-4)7-9-16(15)31-20/h7,9,11-12H,6,8,10H2,1-5H3,(H,26,27). The van der Waals surface area contributed by atoms with Gasteiger partial charge in [0.1, 0.15) is 15.6 Å². The lowest BCUT2D eigenvalue weighted by Crippen LogP contribution is -2.26. The number of esters is 1. The third-order valence-electron chi connectivity index (χ3n) is 6.15. The fourth-order valence-electron chi connectivity index (χ4n) is 4.21. The van der Waals surface area contributed by atoms with Gasteiger partial charge in [-0.25, -0.2) is 4.79 Å². The summed E-state index contributed by atoms with van der Waals surface area (Å²) in [7, 11) is 2.96. The van der Waals surface area contributed by atoms with E-state index in [9.17, 15) is 9.59 Å². The molecule has 0 saturated carbocycles. The number of ether oxygens (including phenoxy) is 2. The zero-order chi connectivity index (χ0) is 23.2. The Morgan fingerprint density at radius 3 is 2.59 bits per heavy atom. The van der Waals surface area contributed by atoms with Crippen molar-refractivity contribution < 1.29 is 19.1 Å². The van der Waals surface area contributed by atoms with Crippen LogP contribution in [0.15, 0.2) is 18.2 Å². The fraction of sp³-hybridized carbons (Fsp3) is 0.417. The highest BCUT2D eigenvalue weighted by atomic mass is 35.5. The van der Waals surface area contributed by atoms with Gasteiger partial charge < -0.3 is 14.8 Å². The molecule has 2 aromatic heterocycles. The molecule has 0 fully saturated rings. The van der Waals surface area contributed by atoms with E-state index in [0.717, 1.165) is 39.8 Å². The van der Waals surface area contributed by atoms with Gasteiger partial charge >= 0.3 is 5.97 Å². The Bertz CT molecular complexity index is 1210. The number of methoxy groups -OCH3 is 2. The number of benzene rings is 1. The normalized spacial score (nSPS) is 16.0. The lowest BCUT2D eigenvalue weighted by atomic mass is 9.72. The van der Waals surface area contributed by atoms with Crippen LogP contribution in [0.4, 0.5) is 5.00 Å². The van der Waals surface area contributed by atoms with Gasteiger partial charge in [0.15, 0.2) is 0 Å². The van der Waals surface area contributed by atoms with E-state index in [1.165, 1.54) is 29.8 Å². The number of hydrogen-bond acceptors (Lipinski definition) is 6. The van der Waals surface area contributed by atoms with Gasteiger partial charge in [-0.3, -0.25) is 4.79 Å². The molecule has 1 aliphatic rings. The topological polar surface area (TPSA) is 64.6 Å². The second-order valence-corrected chi connectivity index (χ2v) is 11.6. The summed E-state index contributed by atoms with van der Waals surface area (Å²) in [4.78, 5) is 27.4. The van der Waals surface area contributed by atoms with Crippen molar-refractivity contribution >= 4 is 61.2 Å². The molecule has 1 amide bonds. The molecule has 2 heterocycles. The number of thiophene rings is 2. The Kier molecular flexibility index (Phi) is 6.27. The van der Waals surface area contributed by atoms with Gasteiger partial charge in [-0.05, 0) is 54.4 Å². The van der Waals surface area contributed by atoms with Gasteiger partial charge in [-0.2, -0.15) is 0 Å². The number of hydrogen-bond donors (Lipinski definition) is 1. The summed E-state index contributed by atoms with van der Waals surface area (Å²) in [6, 6.07) is 5.55. The van der Waals surface area contributed by atoms with E-state index in [1.807, 2.05) is 18.2 Å². The number of fused-ring (bicyclic) bond motifs is 2. The minimum atomic E-state index is -0.417. The average Bonchev–Trinajstić information content (AvgIpc) is 3.28. The third-order valence-corrected chi connectivity index (χ3v) is 8.99. The van der Waals surface area contributed by atoms with Crippen LogP contribution in [0.1, 0.15) is 57.7 Å². The van der Waals surface area contributed by atoms with E-state index in [-0.39, 0.29) is 11.3 Å². The van der Waals surface area contributed by atoms with E-state index in [1.54, 1.807) is 7.11 Å². The molecule has 4 rings (SSSR count). The number of halogens is 1. The number of anilines is 1. The molecule has 1 N–H and O–H groups in total. The van der Waals surface area contributed by atoms with Crippen LogP contribution in [0.2, 0.25) is 5.02 Å². The van der Waals surface area contributed by atoms with Crippen molar-refractivity contribution in [3.63, 3.8) is 0 Å². The van der Waals surface area contributed by atoms with Crippen molar-refractivity contribution in [3.05, 3.63) is 44.1 Å². The first kappa shape index (κ1) is 23.1. The number of amides is 1. The molecule has 3 aromatic rings. The molecule has 0 aliphatic heterocycles. The maximum Gasteiger partial charge on any atom is 0.341 e. The fourth-order valence-corrected chi connectivity index (χ4v) is 6.91. The molecule has 0 spiro atoms. The average molecular weight is 492 g/mol. The summed E-state index contributed by atoms with van der Waals surface area (Å²) < 4.78 is 11.2. The van der Waals surface area contributed by atoms with Crippen LogP contribution in [0.3, 0.4) is 0 Å². The largest absolute Gasteiger partial charge is 0.497 e. The number of nitrogens with one attached hydrogen (secondary N) is 1. The smallest absolute Gasteiger partial charge is 0.341 e. The van der Waals surface area contributed by atoms with Crippen molar-refractivity contribution in [1.29, 1.82) is 0 Å². The highest BCUT2D eigenvalue weighted by Gasteiger charge is 2.34. The zero-order valence-electron chi connectivity index (χ0n) is 18.8. The number of carbonyl (C=O) groups is 2. The molecule has 1 aliphatic carbocycles.